The number of nitrogens with zero attached hydrogens (tertiary/aromatic N) is 3. The number of nitrogens with two attached hydrogens (primary N) is 1. The maximum Gasteiger partial charge on any atom is 0.416 e. The summed E-state index contributed by atoms with van der Waals surface area (Å²) in [4.78, 5) is 4.07. The van der Waals surface area contributed by atoms with Crippen LogP contribution >= 0.6 is 0 Å². The van der Waals surface area contributed by atoms with Crippen LogP contribution in [0.3, 0.4) is 0 Å². The predicted molar refractivity (Wildman–Crippen MR) is 60.2 cm³/mol. The first kappa shape index (κ1) is 12.4. The molecule has 7 heteroatoms. The average Bonchev–Trinajstić information content (AvgIpc) is 2.56. The summed E-state index contributed by atoms with van der Waals surface area (Å²) < 4.78 is 38.9. The topological polar surface area (TPSA) is 56.7 Å². The molecule has 1 heterocycles. The minimum atomic E-state index is -4.40. The van der Waals surface area contributed by atoms with Crippen molar-refractivity contribution in [3.63, 3.8) is 0 Å². The summed E-state index contributed by atoms with van der Waals surface area (Å²) in [6.45, 7) is 3.40. The highest BCUT2D eigenvalue weighted by Crippen LogP contribution is 2.32. The van der Waals surface area contributed by atoms with Crippen molar-refractivity contribution in [2.24, 2.45) is 0 Å². The van der Waals surface area contributed by atoms with E-state index < -0.39 is 11.7 Å². The van der Waals surface area contributed by atoms with Gasteiger partial charge in [-0.3, -0.25) is 0 Å². The Kier molecular flexibility index (Phi) is 2.76. The molecule has 1 aromatic carbocycles. The second kappa shape index (κ2) is 4.01. The van der Waals surface area contributed by atoms with Gasteiger partial charge >= 0.3 is 6.18 Å². The molecule has 0 aliphatic rings. The van der Waals surface area contributed by atoms with E-state index >= 15 is 0 Å². The van der Waals surface area contributed by atoms with Crippen molar-refractivity contribution in [3.8, 4) is 5.69 Å². The second-order valence-electron chi connectivity index (χ2n) is 3.89. The van der Waals surface area contributed by atoms with Crippen LogP contribution in [0.5, 0.6) is 0 Å². The first-order valence-electron chi connectivity index (χ1n) is 5.16. The van der Waals surface area contributed by atoms with E-state index in [2.05, 4.69) is 10.1 Å². The molecule has 2 N–H and O–H groups in total. The number of anilines is 1. The van der Waals surface area contributed by atoms with Crippen molar-refractivity contribution in [3.05, 3.63) is 35.4 Å². The summed E-state index contributed by atoms with van der Waals surface area (Å²) in [7, 11) is 0. The quantitative estimate of drug-likeness (QED) is 0.797. The third-order valence-electron chi connectivity index (χ3n) is 2.46. The van der Waals surface area contributed by atoms with Gasteiger partial charge < -0.3 is 5.73 Å². The van der Waals surface area contributed by atoms with Gasteiger partial charge in [-0.25, -0.2) is 9.67 Å². The van der Waals surface area contributed by atoms with Crippen LogP contribution in [0.2, 0.25) is 0 Å². The van der Waals surface area contributed by atoms with E-state index in [0.29, 0.717) is 17.3 Å². The molecule has 96 valence electrons. The Balaban J connectivity index is 2.51. The van der Waals surface area contributed by atoms with Crippen molar-refractivity contribution in [2.45, 2.75) is 20.0 Å². The van der Waals surface area contributed by atoms with E-state index in [1.54, 1.807) is 13.8 Å². The van der Waals surface area contributed by atoms with Crippen molar-refractivity contribution >= 4 is 5.69 Å². The van der Waals surface area contributed by atoms with Gasteiger partial charge in [-0.1, -0.05) is 0 Å². The zero-order valence-electron chi connectivity index (χ0n) is 9.78. The fourth-order valence-electron chi connectivity index (χ4n) is 1.67. The molecule has 18 heavy (non-hydrogen) atoms. The molecular formula is C11H11F3N4. The lowest BCUT2D eigenvalue weighted by atomic mass is 10.1. The number of alkyl halides is 3. The number of aryl methyl sites for hydroxylation is 2. The third kappa shape index (κ3) is 2.15. The molecule has 2 rings (SSSR count). The van der Waals surface area contributed by atoms with Crippen LogP contribution in [0.1, 0.15) is 17.2 Å². The predicted octanol–water partition coefficient (Wildman–Crippen LogP) is 2.49. The zero-order valence-corrected chi connectivity index (χ0v) is 9.78. The maximum atomic E-state index is 12.5. The van der Waals surface area contributed by atoms with Gasteiger partial charge in [0.15, 0.2) is 0 Å². The lowest BCUT2D eigenvalue weighted by Gasteiger charge is -2.11. The lowest BCUT2D eigenvalue weighted by Crippen LogP contribution is -2.09. The van der Waals surface area contributed by atoms with Crippen LogP contribution < -0.4 is 5.73 Å². The Morgan fingerprint density at radius 2 is 1.89 bits per heavy atom. The molecular weight excluding hydrogens is 245 g/mol. The highest BCUT2D eigenvalue weighted by atomic mass is 19.4. The van der Waals surface area contributed by atoms with E-state index in [1.807, 2.05) is 0 Å². The molecule has 0 unspecified atom stereocenters. The largest absolute Gasteiger partial charge is 0.416 e. The molecule has 0 fully saturated rings. The molecule has 2 aromatic rings. The summed E-state index contributed by atoms with van der Waals surface area (Å²) in [6, 6.07) is 3.16. The van der Waals surface area contributed by atoms with Gasteiger partial charge in [-0.15, -0.1) is 0 Å². The number of aromatic nitrogens is 3. The highest BCUT2D eigenvalue weighted by molar-refractivity contribution is 5.59. The van der Waals surface area contributed by atoms with E-state index in [9.17, 15) is 13.2 Å². The Hall–Kier alpha value is -2.05. The number of rotatable bonds is 1. The summed E-state index contributed by atoms with van der Waals surface area (Å²) in [5, 5.41) is 4.08. The van der Waals surface area contributed by atoms with Gasteiger partial charge in [0.25, 0.3) is 0 Å². The monoisotopic (exact) mass is 256 g/mol. The lowest BCUT2D eigenvalue weighted by molar-refractivity contribution is -0.137. The number of hydrogen-bond donors (Lipinski definition) is 1. The highest BCUT2D eigenvalue weighted by Gasteiger charge is 2.31. The van der Waals surface area contributed by atoms with E-state index in [1.165, 1.54) is 10.7 Å². The second-order valence-corrected chi connectivity index (χ2v) is 3.89. The van der Waals surface area contributed by atoms with Crippen molar-refractivity contribution in [2.75, 3.05) is 5.73 Å². The van der Waals surface area contributed by atoms with Gasteiger partial charge in [0, 0.05) is 0 Å². The van der Waals surface area contributed by atoms with Gasteiger partial charge in [0.1, 0.15) is 11.6 Å². The van der Waals surface area contributed by atoms with E-state index in [-0.39, 0.29) is 5.69 Å². The summed E-state index contributed by atoms with van der Waals surface area (Å²) in [5.41, 5.74) is 5.26. The Labute approximate surface area is 101 Å². The molecule has 0 bridgehead atoms. The Bertz CT molecular complexity index is 586. The fraction of sp³-hybridized carbons (Fsp3) is 0.273. The number of hydrogen-bond acceptors (Lipinski definition) is 3. The SMILES string of the molecule is Cc1nc(C)n(-c2ccc(C(F)(F)F)cc2N)n1. The minimum absolute atomic E-state index is 0.0119. The number of benzene rings is 1. The van der Waals surface area contributed by atoms with Crippen molar-refractivity contribution in [1.29, 1.82) is 0 Å². The molecule has 0 saturated heterocycles. The van der Waals surface area contributed by atoms with Gasteiger partial charge in [0.05, 0.1) is 16.9 Å². The molecule has 0 aliphatic carbocycles. The van der Waals surface area contributed by atoms with Crippen LogP contribution in [-0.2, 0) is 6.18 Å². The summed E-state index contributed by atoms with van der Waals surface area (Å²) in [5.74, 6) is 1.10. The molecule has 1 aromatic heterocycles. The van der Waals surface area contributed by atoms with Crippen LogP contribution in [0, 0.1) is 13.8 Å². The molecule has 0 atom stereocenters. The van der Waals surface area contributed by atoms with E-state index in [4.69, 9.17) is 5.73 Å². The third-order valence-corrected chi connectivity index (χ3v) is 2.46. The van der Waals surface area contributed by atoms with Crippen LogP contribution in [0.25, 0.3) is 5.69 Å². The normalized spacial score (nSPS) is 11.8. The Morgan fingerprint density at radius 3 is 2.33 bits per heavy atom. The summed E-state index contributed by atoms with van der Waals surface area (Å²) >= 11 is 0. The molecule has 0 amide bonds. The molecule has 0 radical (unpaired) electrons. The first-order chi connectivity index (χ1) is 8.29. The van der Waals surface area contributed by atoms with Crippen LogP contribution in [0.4, 0.5) is 18.9 Å². The molecule has 0 saturated carbocycles. The standard InChI is InChI=1S/C11H11F3N4/c1-6-16-7(2)18(17-6)10-4-3-8(5-9(10)15)11(12,13)14/h3-5H,15H2,1-2H3. The van der Waals surface area contributed by atoms with Gasteiger partial charge in [-0.05, 0) is 32.0 Å². The fourth-order valence-corrected chi connectivity index (χ4v) is 1.67. The first-order valence-corrected chi connectivity index (χ1v) is 5.16. The van der Waals surface area contributed by atoms with Crippen LogP contribution in [0.15, 0.2) is 18.2 Å². The van der Waals surface area contributed by atoms with Crippen molar-refractivity contribution in [1.82, 2.24) is 14.8 Å². The van der Waals surface area contributed by atoms with Gasteiger partial charge in [-0.2, -0.15) is 18.3 Å². The van der Waals surface area contributed by atoms with E-state index in [0.717, 1.165) is 12.1 Å². The minimum Gasteiger partial charge on any atom is -0.397 e. The molecule has 0 spiro atoms. The Morgan fingerprint density at radius 1 is 1.22 bits per heavy atom. The average molecular weight is 256 g/mol. The number of halogens is 3. The van der Waals surface area contributed by atoms with Crippen LogP contribution in [-0.4, -0.2) is 14.8 Å². The molecule has 0 aliphatic heterocycles. The smallest absolute Gasteiger partial charge is 0.397 e. The molecule has 4 nitrogen and oxygen atoms in total. The summed E-state index contributed by atoms with van der Waals surface area (Å²) in [6.07, 6.45) is -4.40. The zero-order chi connectivity index (χ0) is 13.5. The maximum absolute atomic E-state index is 12.5. The van der Waals surface area contributed by atoms with Gasteiger partial charge in [0.2, 0.25) is 0 Å². The number of nitrogen functional groups attached to an aromatic ring is 1. The van der Waals surface area contributed by atoms with Crippen molar-refractivity contribution < 1.29 is 13.2 Å².